The summed E-state index contributed by atoms with van der Waals surface area (Å²) < 4.78 is 5.89. The Balaban J connectivity index is 1.39. The first-order valence-corrected chi connectivity index (χ1v) is 11.4. The van der Waals surface area contributed by atoms with Crippen molar-refractivity contribution in [3.63, 3.8) is 0 Å². The number of hydrogen-bond donors (Lipinski definition) is 2. The molecule has 1 atom stereocenters. The summed E-state index contributed by atoms with van der Waals surface area (Å²) in [5.41, 5.74) is 4.41. The number of phenolic OH excluding ortho intramolecular Hbond substituents is 2. The second-order valence-corrected chi connectivity index (χ2v) is 8.57. The van der Waals surface area contributed by atoms with E-state index in [0.29, 0.717) is 18.2 Å². The minimum absolute atomic E-state index is 0.0324. The van der Waals surface area contributed by atoms with Gasteiger partial charge in [-0.3, -0.25) is 4.90 Å². The molecule has 1 fully saturated rings. The topological polar surface area (TPSA) is 69.1 Å². The summed E-state index contributed by atoms with van der Waals surface area (Å²) in [6.07, 6.45) is 5.30. The van der Waals surface area contributed by atoms with Crippen LogP contribution in [0.25, 0.3) is 0 Å². The van der Waals surface area contributed by atoms with Crippen molar-refractivity contribution in [3.05, 3.63) is 77.5 Å². The van der Waals surface area contributed by atoms with Gasteiger partial charge in [0.1, 0.15) is 18.1 Å². The smallest absolute Gasteiger partial charge is 0.213 e. The summed E-state index contributed by atoms with van der Waals surface area (Å²) in [4.78, 5) is 9.35. The molecule has 0 saturated carbocycles. The van der Waals surface area contributed by atoms with Crippen molar-refractivity contribution in [2.75, 3.05) is 37.7 Å². The molecule has 6 nitrogen and oxygen atoms in total. The average molecular weight is 432 g/mol. The Bertz CT molecular complexity index is 1050. The number of fused-ring (bicyclic) bond motifs is 1. The summed E-state index contributed by atoms with van der Waals surface area (Å²) in [7, 11) is 0. The fourth-order valence-corrected chi connectivity index (χ4v) is 4.82. The summed E-state index contributed by atoms with van der Waals surface area (Å²) >= 11 is 0. The van der Waals surface area contributed by atoms with Gasteiger partial charge in [0.25, 0.3) is 0 Å². The van der Waals surface area contributed by atoms with Crippen LogP contribution in [0.4, 0.5) is 5.69 Å². The Morgan fingerprint density at radius 1 is 0.906 bits per heavy atom. The average Bonchev–Trinajstić information content (AvgIpc) is 3.33. The number of aromatic hydroxyl groups is 2. The van der Waals surface area contributed by atoms with E-state index in [0.717, 1.165) is 41.9 Å². The maximum Gasteiger partial charge on any atom is 0.213 e. The van der Waals surface area contributed by atoms with E-state index >= 15 is 0 Å². The SMILES string of the molecule is Oc1ccc(N2CCc3cc(O)ccc3C2c2ccc(OCCN3CCCC3)nc2)cc1. The zero-order valence-corrected chi connectivity index (χ0v) is 18.2. The number of pyridine rings is 1. The minimum atomic E-state index is -0.0324. The molecule has 6 heteroatoms. The number of aromatic nitrogens is 1. The fourth-order valence-electron chi connectivity index (χ4n) is 4.82. The number of rotatable bonds is 6. The van der Waals surface area contributed by atoms with Crippen molar-refractivity contribution >= 4 is 5.69 Å². The third-order valence-electron chi connectivity index (χ3n) is 6.47. The van der Waals surface area contributed by atoms with Gasteiger partial charge in [0.2, 0.25) is 5.88 Å². The van der Waals surface area contributed by atoms with Gasteiger partial charge in [-0.25, -0.2) is 4.98 Å². The van der Waals surface area contributed by atoms with E-state index in [1.807, 2.05) is 36.5 Å². The van der Waals surface area contributed by atoms with Gasteiger partial charge < -0.3 is 19.8 Å². The zero-order valence-electron chi connectivity index (χ0n) is 18.2. The van der Waals surface area contributed by atoms with Crippen LogP contribution in [-0.2, 0) is 6.42 Å². The molecule has 32 heavy (non-hydrogen) atoms. The van der Waals surface area contributed by atoms with Crippen LogP contribution in [0.15, 0.2) is 60.8 Å². The molecule has 5 rings (SSSR count). The fraction of sp³-hybridized carbons (Fsp3) is 0.346. The largest absolute Gasteiger partial charge is 0.508 e. The number of benzene rings is 2. The number of hydrogen-bond acceptors (Lipinski definition) is 6. The van der Waals surface area contributed by atoms with Gasteiger partial charge in [-0.1, -0.05) is 6.07 Å². The molecule has 0 amide bonds. The summed E-state index contributed by atoms with van der Waals surface area (Å²) in [6, 6.07) is 16.9. The normalized spacial score (nSPS) is 18.5. The van der Waals surface area contributed by atoms with Crippen molar-refractivity contribution in [1.29, 1.82) is 0 Å². The molecule has 1 saturated heterocycles. The standard InChI is InChI=1S/C26H29N3O3/c30-22-6-4-21(5-7-22)29-14-11-19-17-23(31)8-9-24(19)26(29)20-3-10-25(27-18-20)32-16-15-28-12-1-2-13-28/h3-10,17-18,26,30-31H,1-2,11-16H2. The molecule has 0 radical (unpaired) electrons. The first-order chi connectivity index (χ1) is 15.7. The highest BCUT2D eigenvalue weighted by Crippen LogP contribution is 2.39. The van der Waals surface area contributed by atoms with Gasteiger partial charge in [-0.05, 0) is 91.5 Å². The highest BCUT2D eigenvalue weighted by Gasteiger charge is 2.29. The molecule has 2 N–H and O–H groups in total. The van der Waals surface area contributed by atoms with E-state index in [1.54, 1.807) is 18.2 Å². The monoisotopic (exact) mass is 431 g/mol. The number of likely N-dealkylation sites (tertiary alicyclic amines) is 1. The third kappa shape index (κ3) is 4.36. The lowest BCUT2D eigenvalue weighted by Gasteiger charge is -2.39. The molecule has 0 bridgehead atoms. The van der Waals surface area contributed by atoms with Crippen LogP contribution in [0.5, 0.6) is 17.4 Å². The van der Waals surface area contributed by atoms with E-state index in [1.165, 1.54) is 25.9 Å². The van der Waals surface area contributed by atoms with Crippen LogP contribution in [0.3, 0.4) is 0 Å². The molecular formula is C26H29N3O3. The van der Waals surface area contributed by atoms with Gasteiger partial charge in [-0.2, -0.15) is 0 Å². The Kier molecular flexibility index (Phi) is 5.86. The van der Waals surface area contributed by atoms with E-state index in [4.69, 9.17) is 4.74 Å². The molecule has 1 unspecified atom stereocenters. The molecular weight excluding hydrogens is 402 g/mol. The van der Waals surface area contributed by atoms with E-state index in [2.05, 4.69) is 20.9 Å². The van der Waals surface area contributed by atoms with E-state index in [-0.39, 0.29) is 11.8 Å². The Morgan fingerprint density at radius 2 is 1.69 bits per heavy atom. The molecule has 3 aromatic rings. The Hall–Kier alpha value is -3.25. The molecule has 0 aliphatic carbocycles. The Morgan fingerprint density at radius 3 is 2.44 bits per heavy atom. The maximum atomic E-state index is 9.98. The van der Waals surface area contributed by atoms with Crippen LogP contribution < -0.4 is 9.64 Å². The molecule has 3 heterocycles. The number of ether oxygens (including phenoxy) is 1. The first kappa shape index (κ1) is 20.6. The number of phenols is 2. The second kappa shape index (κ2) is 9.09. The predicted molar refractivity (Wildman–Crippen MR) is 125 cm³/mol. The van der Waals surface area contributed by atoms with Crippen LogP contribution in [0, 0.1) is 0 Å². The highest BCUT2D eigenvalue weighted by molar-refractivity contribution is 5.57. The quantitative estimate of drug-likeness (QED) is 0.612. The van der Waals surface area contributed by atoms with Gasteiger partial charge in [0.15, 0.2) is 0 Å². The van der Waals surface area contributed by atoms with Gasteiger partial charge >= 0.3 is 0 Å². The molecule has 2 aliphatic rings. The van der Waals surface area contributed by atoms with Crippen molar-refractivity contribution < 1.29 is 14.9 Å². The molecule has 1 aromatic heterocycles. The van der Waals surface area contributed by atoms with E-state index in [9.17, 15) is 10.2 Å². The van der Waals surface area contributed by atoms with Crippen LogP contribution in [0.1, 0.15) is 35.6 Å². The van der Waals surface area contributed by atoms with Crippen molar-refractivity contribution in [3.8, 4) is 17.4 Å². The maximum absolute atomic E-state index is 9.98. The highest BCUT2D eigenvalue weighted by atomic mass is 16.5. The van der Waals surface area contributed by atoms with Crippen molar-refractivity contribution in [2.45, 2.75) is 25.3 Å². The zero-order chi connectivity index (χ0) is 21.9. The van der Waals surface area contributed by atoms with E-state index < -0.39 is 0 Å². The number of nitrogens with zero attached hydrogens (tertiary/aromatic N) is 3. The van der Waals surface area contributed by atoms with Crippen LogP contribution in [0.2, 0.25) is 0 Å². The summed E-state index contributed by atoms with van der Waals surface area (Å²) in [5.74, 6) is 1.19. The number of anilines is 1. The van der Waals surface area contributed by atoms with Crippen LogP contribution >= 0.6 is 0 Å². The summed E-state index contributed by atoms with van der Waals surface area (Å²) in [6.45, 7) is 4.73. The lowest BCUT2D eigenvalue weighted by molar-refractivity contribution is 0.232. The molecule has 2 aliphatic heterocycles. The first-order valence-electron chi connectivity index (χ1n) is 11.4. The molecule has 0 spiro atoms. The van der Waals surface area contributed by atoms with Crippen LogP contribution in [-0.4, -0.2) is 52.9 Å². The second-order valence-electron chi connectivity index (χ2n) is 8.57. The third-order valence-corrected chi connectivity index (χ3v) is 6.47. The lowest BCUT2D eigenvalue weighted by Crippen LogP contribution is -2.36. The van der Waals surface area contributed by atoms with Crippen molar-refractivity contribution in [1.82, 2.24) is 9.88 Å². The lowest BCUT2D eigenvalue weighted by atomic mass is 9.88. The Labute approximate surface area is 188 Å². The molecule has 166 valence electrons. The van der Waals surface area contributed by atoms with Gasteiger partial charge in [0.05, 0.1) is 6.04 Å². The summed E-state index contributed by atoms with van der Waals surface area (Å²) in [5, 5.41) is 19.7. The van der Waals surface area contributed by atoms with Gasteiger partial charge in [-0.15, -0.1) is 0 Å². The molecule has 2 aromatic carbocycles. The minimum Gasteiger partial charge on any atom is -0.508 e. The van der Waals surface area contributed by atoms with Gasteiger partial charge in [0, 0.05) is 31.0 Å². The van der Waals surface area contributed by atoms with Crippen molar-refractivity contribution in [2.24, 2.45) is 0 Å². The predicted octanol–water partition coefficient (Wildman–Crippen LogP) is 4.12.